The number of carboxylic acid groups (broad SMARTS) is 1. The van der Waals surface area contributed by atoms with Crippen LogP contribution >= 0.6 is 0 Å². The first-order chi connectivity index (χ1) is 12.5. The van der Waals surface area contributed by atoms with Crippen LogP contribution in [0.3, 0.4) is 0 Å². The molecule has 0 bridgehead atoms. The van der Waals surface area contributed by atoms with Crippen LogP contribution in [0.4, 0.5) is 8.78 Å². The van der Waals surface area contributed by atoms with Gasteiger partial charge in [0.15, 0.2) is 0 Å². The molecule has 0 radical (unpaired) electrons. The van der Waals surface area contributed by atoms with Crippen LogP contribution in [-0.2, 0) is 19.6 Å². The lowest BCUT2D eigenvalue weighted by Gasteiger charge is -2.38. The number of sulfonamides is 1. The second-order valence-electron chi connectivity index (χ2n) is 6.58. The highest BCUT2D eigenvalue weighted by atomic mass is 32.2. The number of alkyl halides is 2. The number of piperidine rings is 1. The van der Waals surface area contributed by atoms with E-state index in [0.717, 1.165) is 4.31 Å². The Labute approximate surface area is 156 Å². The zero-order valence-electron chi connectivity index (χ0n) is 15.4. The van der Waals surface area contributed by atoms with E-state index < -0.39 is 54.0 Å². The van der Waals surface area contributed by atoms with E-state index in [1.54, 1.807) is 26.0 Å². The minimum atomic E-state index is -4.08. The second kappa shape index (κ2) is 8.07. The fourth-order valence-electron chi connectivity index (χ4n) is 3.30. The molecule has 7 nitrogen and oxygen atoms in total. The summed E-state index contributed by atoms with van der Waals surface area (Å²) in [5, 5.41) is 8.65. The first kappa shape index (κ1) is 21.5. The standard InChI is InChI=1S/C17H23F2NO6S/c1-11-6-14(25-3)7-12(2)16(11)27(23,24)20-5-4-17(18,19)8-13(20)9-26-10-15(21)22/h6-7,13H,4-5,8-10H2,1-3H3,(H,21,22)/t13-/m0/s1. The maximum atomic E-state index is 13.9. The van der Waals surface area contributed by atoms with Gasteiger partial charge < -0.3 is 14.6 Å². The van der Waals surface area contributed by atoms with Crippen molar-refractivity contribution in [1.29, 1.82) is 0 Å². The van der Waals surface area contributed by atoms with Crippen molar-refractivity contribution in [3.63, 3.8) is 0 Å². The van der Waals surface area contributed by atoms with E-state index in [9.17, 15) is 22.0 Å². The van der Waals surface area contributed by atoms with E-state index in [1.165, 1.54) is 7.11 Å². The van der Waals surface area contributed by atoms with Crippen LogP contribution in [-0.4, -0.2) is 62.6 Å². The zero-order valence-corrected chi connectivity index (χ0v) is 16.2. The fourth-order valence-corrected chi connectivity index (χ4v) is 5.32. The Bertz CT molecular complexity index is 789. The summed E-state index contributed by atoms with van der Waals surface area (Å²) >= 11 is 0. The number of halogens is 2. The second-order valence-corrected chi connectivity index (χ2v) is 8.41. The van der Waals surface area contributed by atoms with Gasteiger partial charge in [0, 0.05) is 19.4 Å². The van der Waals surface area contributed by atoms with Gasteiger partial charge in [-0.25, -0.2) is 22.0 Å². The molecule has 0 unspecified atom stereocenters. The quantitative estimate of drug-likeness (QED) is 0.745. The largest absolute Gasteiger partial charge is 0.497 e. The third kappa shape index (κ3) is 4.94. The first-order valence-corrected chi connectivity index (χ1v) is 9.76. The van der Waals surface area contributed by atoms with Crippen molar-refractivity contribution >= 4 is 16.0 Å². The van der Waals surface area contributed by atoms with Gasteiger partial charge >= 0.3 is 5.97 Å². The molecule has 1 aromatic carbocycles. The van der Waals surface area contributed by atoms with Crippen molar-refractivity contribution in [2.75, 3.05) is 26.9 Å². The molecule has 1 fully saturated rings. The van der Waals surface area contributed by atoms with Crippen LogP contribution < -0.4 is 4.74 Å². The molecule has 0 spiro atoms. The highest BCUT2D eigenvalue weighted by Gasteiger charge is 2.45. The topological polar surface area (TPSA) is 93.1 Å². The predicted molar refractivity (Wildman–Crippen MR) is 92.8 cm³/mol. The van der Waals surface area contributed by atoms with Gasteiger partial charge in [-0.05, 0) is 37.1 Å². The van der Waals surface area contributed by atoms with Crippen LogP contribution in [0, 0.1) is 13.8 Å². The van der Waals surface area contributed by atoms with Gasteiger partial charge in [0.25, 0.3) is 5.92 Å². The van der Waals surface area contributed by atoms with Crippen molar-refractivity contribution in [2.24, 2.45) is 0 Å². The number of aryl methyl sites for hydroxylation is 2. The Kier molecular flexibility index (Phi) is 6.43. The summed E-state index contributed by atoms with van der Waals surface area (Å²) in [6.45, 7) is 1.74. The number of nitrogens with zero attached hydrogens (tertiary/aromatic N) is 1. The Morgan fingerprint density at radius 3 is 2.44 bits per heavy atom. The molecular weight excluding hydrogens is 384 g/mol. The smallest absolute Gasteiger partial charge is 0.329 e. The van der Waals surface area contributed by atoms with Gasteiger partial charge in [-0.3, -0.25) is 0 Å². The lowest BCUT2D eigenvalue weighted by atomic mass is 10.0. The number of carbonyl (C=O) groups is 1. The minimum absolute atomic E-state index is 0.0387. The maximum Gasteiger partial charge on any atom is 0.329 e. The highest BCUT2D eigenvalue weighted by Crippen LogP contribution is 2.37. The Morgan fingerprint density at radius 2 is 1.93 bits per heavy atom. The molecule has 0 aliphatic carbocycles. The SMILES string of the molecule is COc1cc(C)c(S(=O)(=O)N2CCC(F)(F)C[C@H]2COCC(=O)O)c(C)c1. The maximum absolute atomic E-state index is 13.9. The molecule has 10 heteroatoms. The summed E-state index contributed by atoms with van der Waals surface area (Å²) in [6.07, 6.45) is -1.32. The summed E-state index contributed by atoms with van der Waals surface area (Å²) in [4.78, 5) is 10.6. The van der Waals surface area contributed by atoms with Crippen molar-refractivity contribution in [3.05, 3.63) is 23.3 Å². The van der Waals surface area contributed by atoms with Crippen molar-refractivity contribution in [3.8, 4) is 5.75 Å². The van der Waals surface area contributed by atoms with E-state index in [2.05, 4.69) is 0 Å². The summed E-state index contributed by atoms with van der Waals surface area (Å²) < 4.78 is 65.2. The number of aliphatic carboxylic acids is 1. The number of methoxy groups -OCH3 is 1. The summed E-state index contributed by atoms with van der Waals surface area (Å²) in [5.41, 5.74) is 0.878. The van der Waals surface area contributed by atoms with Crippen molar-refractivity contribution in [1.82, 2.24) is 4.31 Å². The van der Waals surface area contributed by atoms with Crippen LogP contribution in [0.15, 0.2) is 17.0 Å². The van der Waals surface area contributed by atoms with Gasteiger partial charge in [-0.1, -0.05) is 0 Å². The Morgan fingerprint density at radius 1 is 1.33 bits per heavy atom. The lowest BCUT2D eigenvalue weighted by molar-refractivity contribution is -0.143. The highest BCUT2D eigenvalue weighted by molar-refractivity contribution is 7.89. The molecule has 27 heavy (non-hydrogen) atoms. The van der Waals surface area contributed by atoms with Crippen molar-refractivity contribution in [2.45, 2.75) is 43.5 Å². The normalized spacial score (nSPS) is 20.4. The van der Waals surface area contributed by atoms with Gasteiger partial charge in [-0.15, -0.1) is 0 Å². The summed E-state index contributed by atoms with van der Waals surface area (Å²) in [6, 6.07) is 1.97. The lowest BCUT2D eigenvalue weighted by Crippen LogP contribution is -2.51. The zero-order chi connectivity index (χ0) is 20.4. The average Bonchev–Trinajstić information content (AvgIpc) is 2.52. The van der Waals surface area contributed by atoms with Crippen LogP contribution in [0.25, 0.3) is 0 Å². The number of hydrogen-bond donors (Lipinski definition) is 1. The van der Waals surface area contributed by atoms with Crippen LogP contribution in [0.1, 0.15) is 24.0 Å². The molecule has 1 N–H and O–H groups in total. The number of benzene rings is 1. The minimum Gasteiger partial charge on any atom is -0.497 e. The monoisotopic (exact) mass is 407 g/mol. The summed E-state index contributed by atoms with van der Waals surface area (Å²) in [7, 11) is -2.62. The molecule has 2 rings (SSSR count). The van der Waals surface area contributed by atoms with E-state index in [1.807, 2.05) is 0 Å². The molecule has 1 aromatic rings. The molecular formula is C17H23F2NO6S. The van der Waals surface area contributed by atoms with E-state index >= 15 is 0 Å². The summed E-state index contributed by atoms with van der Waals surface area (Å²) in [5.74, 6) is -3.79. The molecule has 1 heterocycles. The van der Waals surface area contributed by atoms with Crippen LogP contribution in [0.5, 0.6) is 5.75 Å². The fraction of sp³-hybridized carbons (Fsp3) is 0.588. The van der Waals surface area contributed by atoms with Gasteiger partial charge in [0.05, 0.1) is 24.7 Å². The van der Waals surface area contributed by atoms with Crippen LogP contribution in [0.2, 0.25) is 0 Å². The number of ether oxygens (including phenoxy) is 2. The van der Waals surface area contributed by atoms with Crippen molar-refractivity contribution < 1.29 is 36.6 Å². The van der Waals surface area contributed by atoms with E-state index in [4.69, 9.17) is 14.6 Å². The van der Waals surface area contributed by atoms with E-state index in [-0.39, 0.29) is 11.4 Å². The van der Waals surface area contributed by atoms with Gasteiger partial charge in [0.2, 0.25) is 10.0 Å². The molecule has 1 aliphatic rings. The Balaban J connectivity index is 2.38. The Hall–Kier alpha value is -1.78. The molecule has 0 amide bonds. The molecule has 152 valence electrons. The van der Waals surface area contributed by atoms with Gasteiger partial charge in [-0.2, -0.15) is 4.31 Å². The number of rotatable bonds is 7. The predicted octanol–water partition coefficient (Wildman–Crippen LogP) is 2.20. The molecule has 1 saturated heterocycles. The first-order valence-electron chi connectivity index (χ1n) is 8.32. The average molecular weight is 407 g/mol. The third-order valence-electron chi connectivity index (χ3n) is 4.41. The number of hydrogen-bond acceptors (Lipinski definition) is 5. The molecule has 0 saturated carbocycles. The third-order valence-corrected chi connectivity index (χ3v) is 6.67. The van der Waals surface area contributed by atoms with E-state index in [0.29, 0.717) is 16.9 Å². The molecule has 1 atom stereocenters. The molecule has 0 aromatic heterocycles. The molecule has 1 aliphatic heterocycles. The van der Waals surface area contributed by atoms with Gasteiger partial charge in [0.1, 0.15) is 12.4 Å². The number of carboxylic acids is 1.